The molecule has 9 heterocycles. The number of Topliss-reactive ketones (excluding diaryl/α,β-unsaturated/α-hetero) is 2. The molecule has 3 aliphatic carbocycles. The Morgan fingerprint density at radius 1 is 0.368 bits per heavy atom. The first-order valence-corrected chi connectivity index (χ1v) is 55.2. The van der Waals surface area contributed by atoms with E-state index >= 15 is 0 Å². The van der Waals surface area contributed by atoms with Crippen molar-refractivity contribution in [1.82, 2.24) is 74.7 Å². The lowest BCUT2D eigenvalue weighted by atomic mass is 9.94. The molecule has 3 aromatic carbocycles. The van der Waals surface area contributed by atoms with E-state index in [0.29, 0.717) is 185 Å². The minimum absolute atomic E-state index is 0.0687. The number of hydrogen-bond donors (Lipinski definition) is 6. The Morgan fingerprint density at radius 2 is 0.667 bits per heavy atom. The Labute approximate surface area is 857 Å². The molecule has 3 aromatic heterocycles. The van der Waals surface area contributed by atoms with Gasteiger partial charge in [0.2, 0.25) is 17.8 Å². The van der Waals surface area contributed by atoms with Crippen LogP contribution in [0.1, 0.15) is 365 Å². The number of carboxylic acid groups (broad SMARTS) is 1. The van der Waals surface area contributed by atoms with E-state index in [1.165, 1.54) is 161 Å². The molecule has 6 fully saturated rings. The Kier molecular flexibility index (Phi) is 45.9. The number of carboxylic acids is 1. The number of hydrogen-bond acceptors (Lipinski definition) is 30. The minimum Gasteiger partial charge on any atom is -0.493 e. The number of ketones is 2. The average Bonchev–Trinajstić information content (AvgIpc) is 1.63. The van der Waals surface area contributed by atoms with Crippen molar-refractivity contribution in [1.29, 1.82) is 0 Å². The third kappa shape index (κ3) is 40.4. The topological polar surface area (TPSA) is 386 Å². The van der Waals surface area contributed by atoms with E-state index in [0.717, 1.165) is 172 Å². The highest BCUT2D eigenvalue weighted by Crippen LogP contribution is 2.52. The van der Waals surface area contributed by atoms with Crippen LogP contribution in [0.15, 0.2) is 54.6 Å². The van der Waals surface area contributed by atoms with Crippen LogP contribution in [0.3, 0.4) is 0 Å². The fourth-order valence-corrected chi connectivity index (χ4v) is 19.6. The summed E-state index contributed by atoms with van der Waals surface area (Å²) in [6.07, 6.45) is 41.1. The molecule has 144 heavy (non-hydrogen) atoms. The van der Waals surface area contributed by atoms with Crippen molar-refractivity contribution in [2.75, 3.05) is 180 Å². The Bertz CT molecular complexity index is 4910. The second-order valence-corrected chi connectivity index (χ2v) is 43.1. The molecule has 3 saturated heterocycles. The van der Waals surface area contributed by atoms with Gasteiger partial charge in [0.15, 0.2) is 11.6 Å². The molecule has 15 rings (SSSR count). The standard InChI is InChI=1S/C39H60N6O5.C34H52N6O3.C29H43N5O6.C9H18N2/c1-5-48-36-42-34-28-30-15-16-31(32(46)17-18-39(19-20-39)29-44-22-12-13-23-44)33(27-30)49-26-14-25-45(37(47)50-38(2,3)4)24-11-9-7-6-8-10-21-40-35(41-34)43-36;1-2-42-33-38-31-25-27-12-13-28(29(41)14-15-34(16-17-34)26-40-21-9-10-22-40)30(24-27)43-23-11-19-35-18-7-5-3-4-6-8-20-36-32(37-31)39-33;1-5-38-27-32-24-20-21-13-14-22(25(35)36)23(19-21)39-18-12-17-34(28(37)40-29(2,3)4)16-11-9-7-6-8-10-15-30-26(31-24)33-27;10-7-9(3-4-9)8-11-5-1-2-6-11/h15-16,27H,5-14,17-26,28-29H2,1-4H3,(H,40,41,42,43);12-13,24,35H,2-11,14-23,25-26H2,1H3,(H,36,37,38,39);13-14,19H,5-12,15-18,20H2,1-4H3,(H,35,36)(H,30,31,32,33);1-8,10H2. The number of benzene rings is 3. The average molecular weight is 2000 g/mol. The summed E-state index contributed by atoms with van der Waals surface area (Å²) in [5.41, 5.74) is 9.87. The zero-order valence-electron chi connectivity index (χ0n) is 88.8. The molecule has 3 saturated carbocycles. The van der Waals surface area contributed by atoms with Gasteiger partial charge in [-0.2, -0.15) is 44.9 Å². The number of nitrogens with zero attached hydrogens (tertiary/aromatic N) is 14. The van der Waals surface area contributed by atoms with Gasteiger partial charge < -0.3 is 94.5 Å². The number of carbonyl (C=O) groups is 5. The van der Waals surface area contributed by atoms with Crippen LogP contribution in [0.5, 0.6) is 35.3 Å². The van der Waals surface area contributed by atoms with Crippen LogP contribution in [0.25, 0.3) is 0 Å². The van der Waals surface area contributed by atoms with Gasteiger partial charge in [-0.3, -0.25) is 9.59 Å². The first kappa shape index (κ1) is 113. The summed E-state index contributed by atoms with van der Waals surface area (Å²) >= 11 is 0. The molecule has 33 heteroatoms. The number of anilines is 3. The highest BCUT2D eigenvalue weighted by Gasteiger charge is 2.46. The molecule has 9 aliphatic rings. The zero-order valence-corrected chi connectivity index (χ0v) is 88.8. The molecule has 6 aromatic rings. The lowest BCUT2D eigenvalue weighted by Gasteiger charge is -2.27. The van der Waals surface area contributed by atoms with E-state index in [1.807, 2.05) is 104 Å². The molecule has 0 atom stereocenters. The van der Waals surface area contributed by atoms with Crippen LogP contribution >= 0.6 is 0 Å². The number of aromatic carboxylic acids is 1. The van der Waals surface area contributed by atoms with E-state index in [-0.39, 0.29) is 53.1 Å². The van der Waals surface area contributed by atoms with Gasteiger partial charge in [-0.1, -0.05) is 95.2 Å². The van der Waals surface area contributed by atoms with E-state index in [2.05, 4.69) is 70.9 Å². The predicted octanol–water partition coefficient (Wildman–Crippen LogP) is 19.4. The lowest BCUT2D eigenvalue weighted by molar-refractivity contribution is 0.0228. The Morgan fingerprint density at radius 3 is 1.00 bits per heavy atom. The van der Waals surface area contributed by atoms with Gasteiger partial charge in [-0.25, -0.2) is 14.4 Å². The highest BCUT2D eigenvalue weighted by atomic mass is 16.6. The van der Waals surface area contributed by atoms with Crippen LogP contribution < -0.4 is 55.4 Å². The summed E-state index contributed by atoms with van der Waals surface area (Å²) in [5.74, 6) is 3.99. The SMILES string of the molecule is CCOc1nc2nc(n1)NCCCCCCCCN(C(=O)OC(C)(C)C)CCCOc1cc(ccc1C(=O)CCC1(CN3CCCC3)CC1)C2.CCOc1nc2nc(n1)NCCCCCCCCN(C(=O)OC(C)(C)C)CCCOc1cc(ccc1C(=O)O)C2.CCOc1nc2nc(n1)NCCCCCCCCNCCCOc1cc(ccc1C(=O)CCC1(CN3CCCC3)CC1)C2.NCC1(CN2CCCC2)CC1. The van der Waals surface area contributed by atoms with Gasteiger partial charge in [-0.05, 0) is 338 Å². The van der Waals surface area contributed by atoms with Crippen molar-refractivity contribution in [3.63, 3.8) is 0 Å². The van der Waals surface area contributed by atoms with Gasteiger partial charge >= 0.3 is 36.2 Å². The number of nitrogens with one attached hydrogen (secondary N) is 4. The van der Waals surface area contributed by atoms with Crippen molar-refractivity contribution in [2.45, 2.75) is 330 Å². The second kappa shape index (κ2) is 58.5. The third-order valence-electron chi connectivity index (χ3n) is 28.3. The number of fused-ring (bicyclic) bond motifs is 12. The maximum absolute atomic E-state index is 13.8. The van der Waals surface area contributed by atoms with Gasteiger partial charge in [-0.15, -0.1) is 0 Å². The molecule has 0 radical (unpaired) electrons. The first-order valence-electron chi connectivity index (χ1n) is 55.2. The Balaban J connectivity index is 0.000000183. The monoisotopic (exact) mass is 2000 g/mol. The lowest BCUT2D eigenvalue weighted by Crippen LogP contribution is -2.38. The molecular weight excluding hydrogens is 1820 g/mol. The van der Waals surface area contributed by atoms with Gasteiger partial charge in [0, 0.05) is 97.6 Å². The third-order valence-corrected chi connectivity index (χ3v) is 28.3. The van der Waals surface area contributed by atoms with Gasteiger partial charge in [0.25, 0.3) is 0 Å². The summed E-state index contributed by atoms with van der Waals surface area (Å²) < 4.78 is 46.9. The molecule has 0 unspecified atom stereocenters. The van der Waals surface area contributed by atoms with Gasteiger partial charge in [0.05, 0.1) is 50.8 Å². The Hall–Kier alpha value is -9.96. The number of rotatable bonds is 22. The van der Waals surface area contributed by atoms with Crippen LogP contribution in [0, 0.1) is 16.2 Å². The van der Waals surface area contributed by atoms with Crippen LogP contribution in [0.4, 0.5) is 27.4 Å². The van der Waals surface area contributed by atoms with Crippen molar-refractivity contribution < 1.29 is 67.0 Å². The van der Waals surface area contributed by atoms with Gasteiger partial charge in [0.1, 0.15) is 51.5 Å². The van der Waals surface area contributed by atoms with E-state index in [1.54, 1.807) is 17.0 Å². The highest BCUT2D eigenvalue weighted by molar-refractivity contribution is 5.99. The summed E-state index contributed by atoms with van der Waals surface area (Å²) in [6.45, 7) is 38.0. The molecule has 12 bridgehead atoms. The number of amides is 2. The smallest absolute Gasteiger partial charge is 0.410 e. The largest absolute Gasteiger partial charge is 0.493 e. The van der Waals surface area contributed by atoms with Crippen LogP contribution in [0.2, 0.25) is 0 Å². The van der Waals surface area contributed by atoms with E-state index in [9.17, 15) is 29.1 Å². The summed E-state index contributed by atoms with van der Waals surface area (Å²) in [6, 6.07) is 17.7. The van der Waals surface area contributed by atoms with Crippen molar-refractivity contribution in [3.8, 4) is 35.3 Å². The van der Waals surface area contributed by atoms with Crippen LogP contribution in [-0.2, 0) is 28.7 Å². The number of nitrogens with two attached hydrogens (primary N) is 1. The minimum atomic E-state index is -1.08. The number of aromatic nitrogens is 9. The van der Waals surface area contributed by atoms with E-state index < -0.39 is 17.2 Å². The maximum atomic E-state index is 13.8. The van der Waals surface area contributed by atoms with Crippen molar-refractivity contribution in [2.24, 2.45) is 22.0 Å². The molecule has 6 aliphatic heterocycles. The molecular formula is C111H173N19O14. The molecule has 33 nitrogen and oxygen atoms in total. The molecule has 0 spiro atoms. The maximum Gasteiger partial charge on any atom is 0.410 e. The van der Waals surface area contributed by atoms with E-state index in [4.69, 9.17) is 53.6 Å². The summed E-state index contributed by atoms with van der Waals surface area (Å²) in [5, 5.41) is 23.3. The quantitative estimate of drug-likeness (QED) is 0.0344. The normalized spacial score (nSPS) is 19.5. The second-order valence-electron chi connectivity index (χ2n) is 43.1. The summed E-state index contributed by atoms with van der Waals surface area (Å²) in [7, 11) is 0. The van der Waals surface area contributed by atoms with Crippen molar-refractivity contribution in [3.05, 3.63) is 105 Å². The number of likely N-dealkylation sites (tertiary alicyclic amines) is 3. The number of carbonyl (C=O) groups excluding carboxylic acids is 4. The molecule has 796 valence electrons. The summed E-state index contributed by atoms with van der Waals surface area (Å²) in [4.78, 5) is 117. The zero-order chi connectivity index (χ0) is 102. The molecule has 7 N–H and O–H groups in total. The van der Waals surface area contributed by atoms with Crippen molar-refractivity contribution >= 4 is 47.6 Å². The first-order chi connectivity index (χ1) is 69.7. The fourth-order valence-electron chi connectivity index (χ4n) is 19.6. The van der Waals surface area contributed by atoms with Crippen LogP contribution in [-0.4, -0.2) is 279 Å². The molecule has 2 amide bonds. The predicted molar refractivity (Wildman–Crippen MR) is 563 cm³/mol. The fraction of sp³-hybridized carbons (Fsp3) is 0.712. The number of ether oxygens (including phenoxy) is 8.